The van der Waals surface area contributed by atoms with Gasteiger partial charge in [-0.05, 0) is 55.9 Å². The quantitative estimate of drug-likeness (QED) is 0.670. The van der Waals surface area contributed by atoms with Crippen molar-refractivity contribution in [1.29, 1.82) is 0 Å². The van der Waals surface area contributed by atoms with Crippen molar-refractivity contribution >= 4 is 23.3 Å². The Balaban J connectivity index is 1.47. The van der Waals surface area contributed by atoms with Crippen LogP contribution in [0.3, 0.4) is 0 Å². The summed E-state index contributed by atoms with van der Waals surface area (Å²) in [5.41, 5.74) is 8.82. The Hall–Kier alpha value is -3.16. The third-order valence-corrected chi connectivity index (χ3v) is 5.98. The molecule has 4 N–H and O–H groups in total. The molecule has 158 valence electrons. The van der Waals surface area contributed by atoms with Gasteiger partial charge in [-0.1, -0.05) is 18.9 Å². The molecule has 1 atom stereocenters. The smallest absolute Gasteiger partial charge is 0.275 e. The number of fused-ring (bicyclic) bond motifs is 1. The third-order valence-electron chi connectivity index (χ3n) is 5.98. The van der Waals surface area contributed by atoms with Crippen LogP contribution in [0.4, 0.5) is 11.5 Å². The molecule has 0 spiro atoms. The maximum atomic E-state index is 13.0. The van der Waals surface area contributed by atoms with E-state index in [2.05, 4.69) is 15.6 Å². The summed E-state index contributed by atoms with van der Waals surface area (Å²) in [6.07, 6.45) is 3.86. The first-order chi connectivity index (χ1) is 14.3. The first-order valence-corrected chi connectivity index (χ1v) is 10.3. The highest BCUT2D eigenvalue weighted by molar-refractivity contribution is 5.95. The average molecular weight is 409 g/mol. The van der Waals surface area contributed by atoms with E-state index in [1.807, 2.05) is 26.0 Å². The van der Waals surface area contributed by atoms with Crippen molar-refractivity contribution in [1.82, 2.24) is 14.9 Å². The summed E-state index contributed by atoms with van der Waals surface area (Å²) in [4.78, 5) is 42.1. The summed E-state index contributed by atoms with van der Waals surface area (Å²) in [7, 11) is 0. The number of aryl methyl sites for hydroxylation is 2. The first-order valence-electron chi connectivity index (χ1n) is 10.3. The van der Waals surface area contributed by atoms with Crippen molar-refractivity contribution in [2.45, 2.75) is 52.6 Å². The zero-order valence-corrected chi connectivity index (χ0v) is 17.3. The number of hydrogen-bond acceptors (Lipinski definition) is 5. The van der Waals surface area contributed by atoms with Crippen LogP contribution in [-0.4, -0.2) is 21.4 Å². The van der Waals surface area contributed by atoms with Gasteiger partial charge >= 0.3 is 0 Å². The lowest BCUT2D eigenvalue weighted by Gasteiger charge is -2.25. The van der Waals surface area contributed by atoms with Gasteiger partial charge < -0.3 is 20.9 Å². The van der Waals surface area contributed by atoms with Gasteiger partial charge in [0, 0.05) is 23.9 Å². The zero-order valence-electron chi connectivity index (χ0n) is 17.3. The Morgan fingerprint density at radius 3 is 2.77 bits per heavy atom. The minimum atomic E-state index is -0.330. The molecule has 1 aliphatic carbocycles. The van der Waals surface area contributed by atoms with E-state index >= 15 is 0 Å². The fourth-order valence-corrected chi connectivity index (χ4v) is 4.05. The van der Waals surface area contributed by atoms with E-state index in [-0.39, 0.29) is 29.8 Å². The van der Waals surface area contributed by atoms with Crippen molar-refractivity contribution in [3.63, 3.8) is 0 Å². The van der Waals surface area contributed by atoms with E-state index in [1.165, 1.54) is 17.4 Å². The topological polar surface area (TPSA) is 119 Å². The molecule has 8 heteroatoms. The number of aromatic nitrogens is 2. The number of pyridine rings is 2. The van der Waals surface area contributed by atoms with Crippen molar-refractivity contribution < 1.29 is 9.59 Å². The van der Waals surface area contributed by atoms with Crippen LogP contribution >= 0.6 is 0 Å². The summed E-state index contributed by atoms with van der Waals surface area (Å²) >= 11 is 0. The summed E-state index contributed by atoms with van der Waals surface area (Å²) in [5, 5.41) is 5.62. The molecule has 2 aromatic heterocycles. The lowest BCUT2D eigenvalue weighted by atomic mass is 9.89. The normalized spacial score (nSPS) is 17.9. The van der Waals surface area contributed by atoms with Gasteiger partial charge in [0.25, 0.3) is 5.56 Å². The molecule has 1 saturated carbocycles. The standard InChI is InChI=1S/C22H27N5O3/c1-12-7-16-9-17(8-14-3-4-14)21(29)26-20(16)22(30)27(12)11-19(28)24-10-15-5-6-18(23)25-13(15)2/h5-7,14,17H,3-4,8-11H2,1-2H3,(H2,23,25)(H,24,28)(H,26,29)/t17-/m0/s1. The number of carbonyl (C=O) groups is 2. The molecule has 2 amide bonds. The second kappa shape index (κ2) is 7.93. The lowest BCUT2D eigenvalue weighted by Crippen LogP contribution is -2.39. The van der Waals surface area contributed by atoms with Crippen LogP contribution in [0.25, 0.3) is 0 Å². The van der Waals surface area contributed by atoms with Crippen LogP contribution < -0.4 is 21.9 Å². The first kappa shape index (κ1) is 20.1. The largest absolute Gasteiger partial charge is 0.384 e. The molecule has 2 aromatic rings. The highest BCUT2D eigenvalue weighted by atomic mass is 16.2. The molecule has 0 bridgehead atoms. The van der Waals surface area contributed by atoms with E-state index in [9.17, 15) is 14.4 Å². The SMILES string of the molecule is Cc1nc(N)ccc1CNC(=O)Cn1c(C)cc2c(c1=O)NC(=O)[C@@H](CC1CC1)C2. The van der Waals surface area contributed by atoms with E-state index in [0.717, 1.165) is 23.2 Å². The van der Waals surface area contributed by atoms with Crippen LogP contribution in [0.2, 0.25) is 0 Å². The number of nitrogens with two attached hydrogens (primary N) is 1. The maximum absolute atomic E-state index is 13.0. The van der Waals surface area contributed by atoms with Gasteiger partial charge in [-0.25, -0.2) is 4.98 Å². The molecule has 8 nitrogen and oxygen atoms in total. The number of anilines is 2. The molecule has 2 aliphatic rings. The van der Waals surface area contributed by atoms with Crippen molar-refractivity contribution in [3.8, 4) is 0 Å². The van der Waals surface area contributed by atoms with E-state index < -0.39 is 0 Å². The van der Waals surface area contributed by atoms with Gasteiger partial charge in [0.05, 0.1) is 0 Å². The second-order valence-electron chi connectivity index (χ2n) is 8.40. The van der Waals surface area contributed by atoms with E-state index in [4.69, 9.17) is 5.73 Å². The highest BCUT2D eigenvalue weighted by Crippen LogP contribution is 2.38. The fraction of sp³-hybridized carbons (Fsp3) is 0.455. The van der Waals surface area contributed by atoms with Gasteiger partial charge in [0.2, 0.25) is 11.8 Å². The van der Waals surface area contributed by atoms with Crippen LogP contribution in [0.1, 0.15) is 41.8 Å². The Kier molecular flexibility index (Phi) is 5.32. The summed E-state index contributed by atoms with van der Waals surface area (Å²) in [5.74, 6) is 0.634. The number of hydrogen-bond donors (Lipinski definition) is 3. The highest BCUT2D eigenvalue weighted by Gasteiger charge is 2.34. The van der Waals surface area contributed by atoms with Gasteiger partial charge in [0.15, 0.2) is 0 Å². The zero-order chi connectivity index (χ0) is 21.4. The van der Waals surface area contributed by atoms with Gasteiger partial charge in [-0.2, -0.15) is 0 Å². The number of nitrogens with one attached hydrogen (secondary N) is 2. The molecule has 0 saturated heterocycles. The molecule has 30 heavy (non-hydrogen) atoms. The van der Waals surface area contributed by atoms with Crippen molar-refractivity contribution in [2.75, 3.05) is 11.1 Å². The van der Waals surface area contributed by atoms with Gasteiger partial charge in [-0.3, -0.25) is 14.4 Å². The van der Waals surface area contributed by atoms with Crippen LogP contribution in [-0.2, 0) is 29.1 Å². The molecule has 3 heterocycles. The Labute approximate surface area is 174 Å². The molecule has 0 radical (unpaired) electrons. The Morgan fingerprint density at radius 2 is 2.07 bits per heavy atom. The molecule has 0 aromatic carbocycles. The molecule has 1 aliphatic heterocycles. The predicted octanol–water partition coefficient (Wildman–Crippen LogP) is 1.67. The van der Waals surface area contributed by atoms with Gasteiger partial charge in [0.1, 0.15) is 18.1 Å². The minimum Gasteiger partial charge on any atom is -0.384 e. The number of nitrogens with zero attached hydrogens (tertiary/aromatic N) is 2. The van der Waals surface area contributed by atoms with Crippen LogP contribution in [0, 0.1) is 25.7 Å². The minimum absolute atomic E-state index is 0.0697. The maximum Gasteiger partial charge on any atom is 0.275 e. The van der Waals surface area contributed by atoms with Crippen molar-refractivity contribution in [2.24, 2.45) is 11.8 Å². The molecule has 0 unspecified atom stereocenters. The number of amides is 2. The molecular formula is C22H27N5O3. The average Bonchev–Trinajstić information content (AvgIpc) is 3.50. The molecule has 4 rings (SSSR count). The summed E-state index contributed by atoms with van der Waals surface area (Å²) in [6.45, 7) is 3.83. The Bertz CT molecular complexity index is 1070. The van der Waals surface area contributed by atoms with Gasteiger partial charge in [-0.15, -0.1) is 0 Å². The monoisotopic (exact) mass is 409 g/mol. The lowest BCUT2D eigenvalue weighted by molar-refractivity contribution is -0.122. The summed E-state index contributed by atoms with van der Waals surface area (Å²) in [6, 6.07) is 5.42. The Morgan fingerprint density at radius 1 is 1.30 bits per heavy atom. The molecule has 1 fully saturated rings. The number of nitrogen functional groups attached to an aromatic ring is 1. The number of rotatable bonds is 6. The predicted molar refractivity (Wildman–Crippen MR) is 114 cm³/mol. The van der Waals surface area contributed by atoms with Crippen LogP contribution in [0.5, 0.6) is 0 Å². The second-order valence-corrected chi connectivity index (χ2v) is 8.40. The summed E-state index contributed by atoms with van der Waals surface area (Å²) < 4.78 is 1.41. The fourth-order valence-electron chi connectivity index (χ4n) is 4.05. The van der Waals surface area contributed by atoms with E-state index in [1.54, 1.807) is 6.07 Å². The third kappa shape index (κ3) is 4.22. The van der Waals surface area contributed by atoms with Crippen molar-refractivity contribution in [3.05, 3.63) is 51.1 Å². The van der Waals surface area contributed by atoms with E-state index in [0.29, 0.717) is 36.1 Å². The number of carbonyl (C=O) groups excluding carboxylic acids is 2. The van der Waals surface area contributed by atoms with Crippen LogP contribution in [0.15, 0.2) is 23.0 Å². The molecular weight excluding hydrogens is 382 g/mol.